The van der Waals surface area contributed by atoms with Gasteiger partial charge < -0.3 is 16.0 Å². The van der Waals surface area contributed by atoms with Gasteiger partial charge in [0.05, 0.1) is 6.04 Å². The van der Waals surface area contributed by atoms with Gasteiger partial charge in [-0.2, -0.15) is 0 Å². The van der Waals surface area contributed by atoms with Crippen molar-refractivity contribution in [1.82, 2.24) is 15.1 Å². The Bertz CT molecular complexity index is 332. The maximum absolute atomic E-state index is 11.6. The van der Waals surface area contributed by atoms with E-state index in [4.69, 9.17) is 5.73 Å². The van der Waals surface area contributed by atoms with Crippen molar-refractivity contribution in [2.24, 2.45) is 5.73 Å². The molecular weight excluding hydrogens is 224 g/mol. The van der Waals surface area contributed by atoms with Crippen LogP contribution in [0.3, 0.4) is 0 Å². The lowest BCUT2D eigenvalue weighted by molar-refractivity contribution is -0.131. The summed E-state index contributed by atoms with van der Waals surface area (Å²) in [7, 11) is 3.06. The summed E-state index contributed by atoms with van der Waals surface area (Å²) in [6.45, 7) is 0.563. The first-order chi connectivity index (χ1) is 7.97. The van der Waals surface area contributed by atoms with E-state index in [0.717, 1.165) is 4.90 Å². The molecule has 0 radical (unpaired) electrons. The Morgan fingerprint density at radius 2 is 2.12 bits per heavy atom. The molecule has 1 fully saturated rings. The zero-order valence-corrected chi connectivity index (χ0v) is 10.1. The Morgan fingerprint density at radius 3 is 2.71 bits per heavy atom. The van der Waals surface area contributed by atoms with Crippen molar-refractivity contribution in [3.05, 3.63) is 0 Å². The molecule has 0 aromatic rings. The molecule has 1 atom stereocenters. The van der Waals surface area contributed by atoms with Crippen LogP contribution in [0.1, 0.15) is 12.8 Å². The highest BCUT2D eigenvalue weighted by atomic mass is 16.2. The number of imide groups is 1. The molecule has 1 unspecified atom stereocenters. The van der Waals surface area contributed by atoms with E-state index in [1.54, 1.807) is 7.05 Å². The molecule has 0 spiro atoms. The Hall–Kier alpha value is -1.63. The standard InChI is InChI=1S/C10H18N4O3/c1-13-7(6-12-8(15)3-4-11)5-9(16)14(2)10(13)17/h7H,3-6,11H2,1-2H3,(H,12,15). The molecule has 0 bridgehead atoms. The number of carbonyl (C=O) groups excluding carboxylic acids is 3. The van der Waals surface area contributed by atoms with Crippen LogP contribution in [-0.2, 0) is 9.59 Å². The highest BCUT2D eigenvalue weighted by Crippen LogP contribution is 2.13. The van der Waals surface area contributed by atoms with E-state index in [-0.39, 0.29) is 49.8 Å². The first-order valence-electron chi connectivity index (χ1n) is 5.47. The van der Waals surface area contributed by atoms with Crippen LogP contribution in [0.15, 0.2) is 0 Å². The number of hydrogen-bond donors (Lipinski definition) is 2. The van der Waals surface area contributed by atoms with E-state index in [0.29, 0.717) is 0 Å². The minimum atomic E-state index is -0.348. The van der Waals surface area contributed by atoms with Gasteiger partial charge in [0.2, 0.25) is 11.8 Å². The van der Waals surface area contributed by atoms with Gasteiger partial charge in [0.1, 0.15) is 0 Å². The summed E-state index contributed by atoms with van der Waals surface area (Å²) in [5.41, 5.74) is 5.24. The third kappa shape index (κ3) is 3.16. The van der Waals surface area contributed by atoms with Gasteiger partial charge in [-0.05, 0) is 0 Å². The maximum Gasteiger partial charge on any atom is 0.326 e. The molecule has 1 saturated heterocycles. The van der Waals surface area contributed by atoms with Gasteiger partial charge in [-0.15, -0.1) is 0 Å². The summed E-state index contributed by atoms with van der Waals surface area (Å²) < 4.78 is 0. The molecule has 7 nitrogen and oxygen atoms in total. The second kappa shape index (κ2) is 5.62. The molecule has 1 aliphatic rings. The first kappa shape index (κ1) is 13.4. The normalized spacial score (nSPS) is 20.8. The second-order valence-electron chi connectivity index (χ2n) is 4.05. The molecule has 1 heterocycles. The Kier molecular flexibility index (Phi) is 4.45. The first-order valence-corrected chi connectivity index (χ1v) is 5.47. The van der Waals surface area contributed by atoms with Crippen molar-refractivity contribution >= 4 is 17.8 Å². The number of urea groups is 1. The lowest BCUT2D eigenvalue weighted by Crippen LogP contribution is -2.56. The Balaban J connectivity index is 2.51. The number of nitrogens with one attached hydrogen (secondary N) is 1. The average molecular weight is 242 g/mol. The molecule has 1 rings (SSSR count). The maximum atomic E-state index is 11.6. The van der Waals surface area contributed by atoms with E-state index in [1.807, 2.05) is 0 Å². The summed E-state index contributed by atoms with van der Waals surface area (Å²) in [6.07, 6.45) is 0.472. The zero-order valence-electron chi connectivity index (χ0n) is 10.1. The van der Waals surface area contributed by atoms with Crippen molar-refractivity contribution in [1.29, 1.82) is 0 Å². The SMILES string of the molecule is CN1C(=O)CC(CNC(=O)CCN)N(C)C1=O. The highest BCUT2D eigenvalue weighted by Gasteiger charge is 2.34. The summed E-state index contributed by atoms with van der Waals surface area (Å²) in [4.78, 5) is 36.9. The van der Waals surface area contributed by atoms with Crippen LogP contribution >= 0.6 is 0 Å². The zero-order chi connectivity index (χ0) is 13.0. The van der Waals surface area contributed by atoms with Crippen LogP contribution in [0, 0.1) is 0 Å². The number of nitrogens with zero attached hydrogens (tertiary/aromatic N) is 2. The molecular formula is C10H18N4O3. The summed E-state index contributed by atoms with van der Waals surface area (Å²) in [5, 5.41) is 2.66. The molecule has 0 saturated carbocycles. The number of hydrogen-bond acceptors (Lipinski definition) is 4. The van der Waals surface area contributed by atoms with Crippen LogP contribution in [0.4, 0.5) is 4.79 Å². The minimum absolute atomic E-state index is 0.167. The van der Waals surface area contributed by atoms with Gasteiger partial charge in [0.25, 0.3) is 0 Å². The number of likely N-dealkylation sites (N-methyl/N-ethyl adjacent to an activating group) is 1. The number of amides is 4. The average Bonchev–Trinajstić information content (AvgIpc) is 2.30. The summed E-state index contributed by atoms with van der Waals surface area (Å²) in [5.74, 6) is -0.397. The highest BCUT2D eigenvalue weighted by molar-refractivity contribution is 5.96. The number of carbonyl (C=O) groups is 3. The fraction of sp³-hybridized carbons (Fsp3) is 0.700. The molecule has 1 aliphatic heterocycles. The molecule has 0 aromatic carbocycles. The van der Waals surface area contributed by atoms with Crippen LogP contribution in [0.2, 0.25) is 0 Å². The van der Waals surface area contributed by atoms with Crippen LogP contribution < -0.4 is 11.1 Å². The fourth-order valence-electron chi connectivity index (χ4n) is 1.64. The molecule has 0 aliphatic carbocycles. The van der Waals surface area contributed by atoms with Gasteiger partial charge >= 0.3 is 6.03 Å². The van der Waals surface area contributed by atoms with Gasteiger partial charge in [0.15, 0.2) is 0 Å². The van der Waals surface area contributed by atoms with Crippen molar-refractivity contribution in [3.63, 3.8) is 0 Å². The number of rotatable bonds is 4. The van der Waals surface area contributed by atoms with Crippen molar-refractivity contribution in [3.8, 4) is 0 Å². The minimum Gasteiger partial charge on any atom is -0.354 e. The number of nitrogens with two attached hydrogens (primary N) is 1. The molecule has 17 heavy (non-hydrogen) atoms. The lowest BCUT2D eigenvalue weighted by atomic mass is 10.1. The van der Waals surface area contributed by atoms with Crippen molar-refractivity contribution < 1.29 is 14.4 Å². The predicted molar refractivity (Wildman–Crippen MR) is 61.0 cm³/mol. The van der Waals surface area contributed by atoms with Gasteiger partial charge in [0, 0.05) is 40.0 Å². The molecule has 96 valence electrons. The largest absolute Gasteiger partial charge is 0.354 e. The van der Waals surface area contributed by atoms with Gasteiger partial charge in [-0.25, -0.2) is 4.79 Å². The van der Waals surface area contributed by atoms with Crippen LogP contribution in [0.25, 0.3) is 0 Å². The van der Waals surface area contributed by atoms with Gasteiger partial charge in [-0.3, -0.25) is 14.5 Å². The molecule has 0 aromatic heterocycles. The predicted octanol–water partition coefficient (Wildman–Crippen LogP) is -1.27. The van der Waals surface area contributed by atoms with Crippen LogP contribution in [-0.4, -0.2) is 60.9 Å². The van der Waals surface area contributed by atoms with Crippen molar-refractivity contribution in [2.45, 2.75) is 18.9 Å². The molecule has 4 amide bonds. The fourth-order valence-corrected chi connectivity index (χ4v) is 1.64. The lowest BCUT2D eigenvalue weighted by Gasteiger charge is -2.36. The quantitative estimate of drug-likeness (QED) is 0.642. The topological polar surface area (TPSA) is 95.7 Å². The van der Waals surface area contributed by atoms with Crippen molar-refractivity contribution in [2.75, 3.05) is 27.2 Å². The Labute approximate surface area is 99.9 Å². The van der Waals surface area contributed by atoms with E-state index in [1.165, 1.54) is 11.9 Å². The monoisotopic (exact) mass is 242 g/mol. The van der Waals surface area contributed by atoms with E-state index < -0.39 is 0 Å². The summed E-state index contributed by atoms with van der Waals surface area (Å²) in [6, 6.07) is -0.632. The molecule has 3 N–H and O–H groups in total. The van der Waals surface area contributed by atoms with E-state index >= 15 is 0 Å². The van der Waals surface area contributed by atoms with Crippen LogP contribution in [0.5, 0.6) is 0 Å². The second-order valence-corrected chi connectivity index (χ2v) is 4.05. The van der Waals surface area contributed by atoms with Gasteiger partial charge in [-0.1, -0.05) is 0 Å². The van der Waals surface area contributed by atoms with E-state index in [9.17, 15) is 14.4 Å². The smallest absolute Gasteiger partial charge is 0.326 e. The third-order valence-corrected chi connectivity index (χ3v) is 2.83. The third-order valence-electron chi connectivity index (χ3n) is 2.83. The van der Waals surface area contributed by atoms with E-state index in [2.05, 4.69) is 5.32 Å². The summed E-state index contributed by atoms with van der Waals surface area (Å²) >= 11 is 0. The molecule has 7 heteroatoms. The Morgan fingerprint density at radius 1 is 1.47 bits per heavy atom.